The lowest BCUT2D eigenvalue weighted by Crippen LogP contribution is -1.86. The predicted molar refractivity (Wildman–Crippen MR) is 56.0 cm³/mol. The second-order valence-electron chi connectivity index (χ2n) is 3.23. The summed E-state index contributed by atoms with van der Waals surface area (Å²) in [5.41, 5.74) is 2.61. The molecular weight excluding hydrogens is 184 g/mol. The Labute approximate surface area is 84.2 Å². The van der Waals surface area contributed by atoms with Crippen LogP contribution in [0.3, 0.4) is 0 Å². The van der Waals surface area contributed by atoms with Gasteiger partial charge in [0.2, 0.25) is 0 Å². The lowest BCUT2D eigenvalue weighted by molar-refractivity contribution is 0.767. The molecule has 1 rings (SSSR count). The number of hydrogen-bond donors (Lipinski definition) is 0. The molecule has 0 amide bonds. The molecule has 0 unspecified atom stereocenters. The third-order valence-corrected chi connectivity index (χ3v) is 2.06. The number of halogens is 1. The van der Waals surface area contributed by atoms with Gasteiger partial charge in [0, 0.05) is 19.1 Å². The van der Waals surface area contributed by atoms with Crippen molar-refractivity contribution in [2.24, 2.45) is 7.05 Å². The molecule has 0 bridgehead atoms. The molecule has 3 heteroatoms. The first-order valence-corrected chi connectivity index (χ1v) is 4.95. The van der Waals surface area contributed by atoms with Crippen molar-refractivity contribution in [2.45, 2.75) is 19.8 Å². The average Bonchev–Trinajstić information content (AvgIpc) is 2.48. The molecule has 1 aromatic rings. The van der Waals surface area contributed by atoms with Gasteiger partial charge in [-0.15, -0.1) is 11.6 Å². The summed E-state index contributed by atoms with van der Waals surface area (Å²) in [5, 5.41) is 4.11. The van der Waals surface area contributed by atoms with Crippen molar-refractivity contribution in [2.75, 3.05) is 5.88 Å². The van der Waals surface area contributed by atoms with E-state index < -0.39 is 0 Å². The van der Waals surface area contributed by atoms with E-state index in [0.717, 1.165) is 12.8 Å². The maximum absolute atomic E-state index is 5.59. The first kappa shape index (κ1) is 10.3. The van der Waals surface area contributed by atoms with Crippen LogP contribution in [0.1, 0.15) is 18.9 Å². The number of hydrogen-bond acceptors (Lipinski definition) is 1. The predicted octanol–water partition coefficient (Wildman–Crippen LogP) is 2.54. The molecule has 0 radical (unpaired) electrons. The molecule has 0 aliphatic carbocycles. The van der Waals surface area contributed by atoms with Crippen molar-refractivity contribution in [1.82, 2.24) is 9.78 Å². The third kappa shape index (κ3) is 3.64. The van der Waals surface area contributed by atoms with Crippen LogP contribution in [0.15, 0.2) is 24.0 Å². The van der Waals surface area contributed by atoms with Gasteiger partial charge in [-0.25, -0.2) is 0 Å². The topological polar surface area (TPSA) is 17.8 Å². The third-order valence-electron chi connectivity index (χ3n) is 1.84. The van der Waals surface area contributed by atoms with Crippen LogP contribution in [0, 0.1) is 0 Å². The summed E-state index contributed by atoms with van der Waals surface area (Å²) in [6, 6.07) is 0. The minimum absolute atomic E-state index is 0.699. The Bertz CT molecular complexity index is 289. The summed E-state index contributed by atoms with van der Waals surface area (Å²) in [6.45, 7) is 2.12. The monoisotopic (exact) mass is 198 g/mol. The minimum Gasteiger partial charge on any atom is -0.276 e. The number of allylic oxidation sites excluding steroid dienone is 2. The van der Waals surface area contributed by atoms with Crippen molar-refractivity contribution < 1.29 is 0 Å². The molecule has 0 saturated carbocycles. The maximum Gasteiger partial charge on any atom is 0.0524 e. The second kappa shape index (κ2) is 5.07. The molecule has 0 N–H and O–H groups in total. The Kier molecular flexibility index (Phi) is 4.03. The molecule has 2 nitrogen and oxygen atoms in total. The van der Waals surface area contributed by atoms with Gasteiger partial charge in [0.1, 0.15) is 0 Å². The quantitative estimate of drug-likeness (QED) is 0.537. The first-order valence-electron chi connectivity index (χ1n) is 4.41. The van der Waals surface area contributed by atoms with Crippen molar-refractivity contribution in [3.05, 3.63) is 29.6 Å². The summed E-state index contributed by atoms with van der Waals surface area (Å²) >= 11 is 5.59. The van der Waals surface area contributed by atoms with Crippen LogP contribution in [-0.2, 0) is 13.5 Å². The second-order valence-corrected chi connectivity index (χ2v) is 3.61. The molecule has 0 spiro atoms. The average molecular weight is 199 g/mol. The normalized spacial score (nSPS) is 12.1. The van der Waals surface area contributed by atoms with Gasteiger partial charge in [0.25, 0.3) is 0 Å². The molecule has 0 aliphatic rings. The Hall–Kier alpha value is -0.760. The maximum atomic E-state index is 5.59. The number of alkyl halides is 1. The van der Waals surface area contributed by atoms with Crippen LogP contribution in [0.2, 0.25) is 0 Å². The molecule has 0 fully saturated rings. The van der Waals surface area contributed by atoms with E-state index in [0.29, 0.717) is 5.88 Å². The summed E-state index contributed by atoms with van der Waals surface area (Å²) in [7, 11) is 1.93. The molecule has 13 heavy (non-hydrogen) atoms. The fourth-order valence-electron chi connectivity index (χ4n) is 1.26. The van der Waals surface area contributed by atoms with Gasteiger partial charge >= 0.3 is 0 Å². The largest absolute Gasteiger partial charge is 0.276 e. The Morgan fingerprint density at radius 3 is 3.00 bits per heavy atom. The van der Waals surface area contributed by atoms with Gasteiger partial charge in [-0.1, -0.05) is 11.6 Å². The van der Waals surface area contributed by atoms with E-state index in [1.807, 2.05) is 24.1 Å². The molecule has 0 saturated heterocycles. The smallest absolute Gasteiger partial charge is 0.0524 e. The molecule has 1 heterocycles. The van der Waals surface area contributed by atoms with E-state index in [9.17, 15) is 0 Å². The fraction of sp³-hybridized carbons (Fsp3) is 0.500. The van der Waals surface area contributed by atoms with Gasteiger partial charge in [-0.05, 0) is 25.3 Å². The van der Waals surface area contributed by atoms with Crippen molar-refractivity contribution in [3.8, 4) is 0 Å². The van der Waals surface area contributed by atoms with Crippen LogP contribution < -0.4 is 0 Å². The highest BCUT2D eigenvalue weighted by atomic mass is 35.5. The van der Waals surface area contributed by atoms with Crippen LogP contribution in [-0.4, -0.2) is 15.7 Å². The van der Waals surface area contributed by atoms with Crippen molar-refractivity contribution in [3.63, 3.8) is 0 Å². The lowest BCUT2D eigenvalue weighted by Gasteiger charge is -1.96. The highest BCUT2D eigenvalue weighted by molar-refractivity contribution is 6.17. The minimum atomic E-state index is 0.699. The van der Waals surface area contributed by atoms with Crippen LogP contribution in [0.4, 0.5) is 0 Å². The van der Waals surface area contributed by atoms with Gasteiger partial charge in [-0.3, -0.25) is 4.68 Å². The molecular formula is C10H15ClN2. The number of aryl methyl sites for hydroxylation is 1. The van der Waals surface area contributed by atoms with E-state index in [-0.39, 0.29) is 0 Å². The van der Waals surface area contributed by atoms with Gasteiger partial charge in [0.05, 0.1) is 6.20 Å². The summed E-state index contributed by atoms with van der Waals surface area (Å²) < 4.78 is 1.82. The highest BCUT2D eigenvalue weighted by Crippen LogP contribution is 2.07. The Morgan fingerprint density at radius 1 is 1.69 bits per heavy atom. The molecule has 72 valence electrons. The summed E-state index contributed by atoms with van der Waals surface area (Å²) in [4.78, 5) is 0. The van der Waals surface area contributed by atoms with E-state index in [1.54, 1.807) is 0 Å². The fourth-order valence-corrected chi connectivity index (χ4v) is 1.37. The van der Waals surface area contributed by atoms with Crippen molar-refractivity contribution in [1.29, 1.82) is 0 Å². The number of rotatable bonds is 4. The molecule has 0 aliphatic heterocycles. The van der Waals surface area contributed by atoms with E-state index in [1.165, 1.54) is 11.1 Å². The Morgan fingerprint density at radius 2 is 2.46 bits per heavy atom. The van der Waals surface area contributed by atoms with E-state index >= 15 is 0 Å². The van der Waals surface area contributed by atoms with Crippen LogP contribution >= 0.6 is 11.6 Å². The van der Waals surface area contributed by atoms with Gasteiger partial charge < -0.3 is 0 Å². The Balaban J connectivity index is 2.49. The SMILES string of the molecule is CC(=CCCCl)Cc1cnn(C)c1. The number of nitrogens with zero attached hydrogens (tertiary/aromatic N) is 2. The summed E-state index contributed by atoms with van der Waals surface area (Å²) in [5.74, 6) is 0.699. The zero-order valence-corrected chi connectivity index (χ0v) is 8.88. The zero-order valence-electron chi connectivity index (χ0n) is 8.13. The molecule has 0 aromatic carbocycles. The molecule has 1 aromatic heterocycles. The van der Waals surface area contributed by atoms with Gasteiger partial charge in [0.15, 0.2) is 0 Å². The van der Waals surface area contributed by atoms with E-state index in [2.05, 4.69) is 18.1 Å². The van der Waals surface area contributed by atoms with Crippen molar-refractivity contribution >= 4 is 11.6 Å². The number of aromatic nitrogens is 2. The standard InChI is InChI=1S/C10H15ClN2/c1-9(4-3-5-11)6-10-7-12-13(2)8-10/h4,7-8H,3,5-6H2,1-2H3. The van der Waals surface area contributed by atoms with E-state index in [4.69, 9.17) is 11.6 Å². The summed E-state index contributed by atoms with van der Waals surface area (Å²) in [6.07, 6.45) is 8.05. The highest BCUT2D eigenvalue weighted by Gasteiger charge is 1.96. The van der Waals surface area contributed by atoms with Crippen LogP contribution in [0.25, 0.3) is 0 Å². The van der Waals surface area contributed by atoms with Crippen LogP contribution in [0.5, 0.6) is 0 Å². The lowest BCUT2D eigenvalue weighted by atomic mass is 10.1. The molecule has 0 atom stereocenters. The zero-order chi connectivity index (χ0) is 9.68. The van der Waals surface area contributed by atoms with Gasteiger partial charge in [-0.2, -0.15) is 5.10 Å². The first-order chi connectivity index (χ1) is 6.22.